The molecule has 0 fully saturated rings. The molecule has 2 aromatic carbocycles. The van der Waals surface area contributed by atoms with Crippen LogP contribution >= 0.6 is 0 Å². The van der Waals surface area contributed by atoms with E-state index in [0.717, 1.165) is 5.56 Å². The van der Waals surface area contributed by atoms with E-state index in [1.807, 2.05) is 31.2 Å². The number of hydrogen-bond donors (Lipinski definition) is 1. The molecule has 2 aromatic rings. The molecule has 0 bridgehead atoms. The molecule has 0 heterocycles. The number of aryl methyl sites for hydroxylation is 1. The number of nitrogens with one attached hydrogen (secondary N) is 1. The Morgan fingerprint density at radius 2 is 2.00 bits per heavy atom. The highest BCUT2D eigenvalue weighted by Crippen LogP contribution is 2.17. The molecule has 1 amide bonds. The lowest BCUT2D eigenvalue weighted by Crippen LogP contribution is -2.30. The van der Waals surface area contributed by atoms with Crippen LogP contribution in [0.2, 0.25) is 0 Å². The van der Waals surface area contributed by atoms with Gasteiger partial charge in [0.05, 0.1) is 11.3 Å². The second-order valence-electron chi connectivity index (χ2n) is 4.72. The lowest BCUT2D eigenvalue weighted by molar-refractivity contribution is -0.122. The van der Waals surface area contributed by atoms with E-state index in [1.165, 1.54) is 0 Å². The molecular formula is C17H16N2O2. The number of amides is 1. The number of carbonyl (C=O) groups is 1. The van der Waals surface area contributed by atoms with Gasteiger partial charge >= 0.3 is 0 Å². The maximum Gasteiger partial charge on any atom is 0.265 e. The van der Waals surface area contributed by atoms with Crippen LogP contribution in [0.3, 0.4) is 0 Å². The molecular weight excluding hydrogens is 264 g/mol. The van der Waals surface area contributed by atoms with Crippen molar-refractivity contribution < 1.29 is 9.53 Å². The van der Waals surface area contributed by atoms with Crippen LogP contribution in [-0.2, 0) is 4.79 Å². The van der Waals surface area contributed by atoms with Crippen molar-refractivity contribution in [3.63, 3.8) is 0 Å². The summed E-state index contributed by atoms with van der Waals surface area (Å²) in [5, 5.41) is 11.7. The maximum atomic E-state index is 12.1. The SMILES string of the molecule is Cc1cccc(O[C@@H](C)C(=O)Nc2ccccc2C#N)c1. The molecule has 0 radical (unpaired) electrons. The summed E-state index contributed by atoms with van der Waals surface area (Å²) in [6.45, 7) is 3.63. The number of benzene rings is 2. The lowest BCUT2D eigenvalue weighted by Gasteiger charge is -2.15. The van der Waals surface area contributed by atoms with Gasteiger partial charge in [-0.05, 0) is 43.7 Å². The highest BCUT2D eigenvalue weighted by atomic mass is 16.5. The zero-order valence-electron chi connectivity index (χ0n) is 12.0. The van der Waals surface area contributed by atoms with Crippen LogP contribution in [0.15, 0.2) is 48.5 Å². The van der Waals surface area contributed by atoms with Crippen molar-refractivity contribution in [1.82, 2.24) is 0 Å². The van der Waals surface area contributed by atoms with Gasteiger partial charge in [-0.2, -0.15) is 5.26 Å². The molecule has 0 aromatic heterocycles. The molecule has 0 spiro atoms. The fourth-order valence-electron chi connectivity index (χ4n) is 1.87. The smallest absolute Gasteiger partial charge is 0.265 e. The first-order valence-electron chi connectivity index (χ1n) is 6.63. The molecule has 0 aliphatic rings. The second-order valence-corrected chi connectivity index (χ2v) is 4.72. The zero-order chi connectivity index (χ0) is 15.2. The zero-order valence-corrected chi connectivity index (χ0v) is 12.0. The van der Waals surface area contributed by atoms with Gasteiger partial charge in [0, 0.05) is 0 Å². The predicted molar refractivity (Wildman–Crippen MR) is 81.1 cm³/mol. The minimum atomic E-state index is -0.654. The normalized spacial score (nSPS) is 11.3. The summed E-state index contributed by atoms with van der Waals surface area (Å²) in [6, 6.07) is 16.4. The molecule has 0 saturated heterocycles. The van der Waals surface area contributed by atoms with Crippen molar-refractivity contribution in [2.75, 3.05) is 5.32 Å². The third-order valence-corrected chi connectivity index (χ3v) is 2.98. The van der Waals surface area contributed by atoms with Crippen LogP contribution in [0.1, 0.15) is 18.1 Å². The fraction of sp³-hybridized carbons (Fsp3) is 0.176. The molecule has 1 atom stereocenters. The summed E-state index contributed by atoms with van der Waals surface area (Å²) in [5.74, 6) is 0.352. The van der Waals surface area contributed by atoms with Crippen LogP contribution in [-0.4, -0.2) is 12.0 Å². The van der Waals surface area contributed by atoms with E-state index in [-0.39, 0.29) is 5.91 Å². The van der Waals surface area contributed by atoms with E-state index >= 15 is 0 Å². The average molecular weight is 280 g/mol. The van der Waals surface area contributed by atoms with Gasteiger partial charge in [-0.15, -0.1) is 0 Å². The molecule has 0 saturated carbocycles. The first kappa shape index (κ1) is 14.6. The predicted octanol–water partition coefficient (Wildman–Crippen LogP) is 3.27. The minimum Gasteiger partial charge on any atom is -0.481 e. The van der Waals surface area contributed by atoms with E-state index < -0.39 is 6.10 Å². The van der Waals surface area contributed by atoms with Gasteiger partial charge in [0.1, 0.15) is 11.8 Å². The summed E-state index contributed by atoms with van der Waals surface area (Å²) in [6.07, 6.45) is -0.654. The molecule has 4 nitrogen and oxygen atoms in total. The van der Waals surface area contributed by atoms with Crippen LogP contribution in [0.25, 0.3) is 0 Å². The number of carbonyl (C=O) groups excluding carboxylic acids is 1. The monoisotopic (exact) mass is 280 g/mol. The first-order valence-corrected chi connectivity index (χ1v) is 6.63. The highest BCUT2D eigenvalue weighted by Gasteiger charge is 2.16. The summed E-state index contributed by atoms with van der Waals surface area (Å²) >= 11 is 0. The van der Waals surface area contributed by atoms with Crippen molar-refractivity contribution >= 4 is 11.6 Å². The van der Waals surface area contributed by atoms with Gasteiger partial charge in [0.25, 0.3) is 5.91 Å². The van der Waals surface area contributed by atoms with Gasteiger partial charge < -0.3 is 10.1 Å². The highest BCUT2D eigenvalue weighted by molar-refractivity contribution is 5.95. The molecule has 21 heavy (non-hydrogen) atoms. The van der Waals surface area contributed by atoms with Crippen molar-refractivity contribution in [2.45, 2.75) is 20.0 Å². The minimum absolute atomic E-state index is 0.292. The molecule has 4 heteroatoms. The third kappa shape index (κ3) is 3.83. The Morgan fingerprint density at radius 1 is 1.24 bits per heavy atom. The Morgan fingerprint density at radius 3 is 2.71 bits per heavy atom. The molecule has 1 N–H and O–H groups in total. The van der Waals surface area contributed by atoms with Crippen molar-refractivity contribution in [2.24, 2.45) is 0 Å². The second kappa shape index (κ2) is 6.58. The number of hydrogen-bond acceptors (Lipinski definition) is 3. The number of nitrogens with zero attached hydrogens (tertiary/aromatic N) is 1. The number of ether oxygens (including phenoxy) is 1. The Balaban J connectivity index is 2.05. The average Bonchev–Trinajstić information content (AvgIpc) is 2.47. The van der Waals surface area contributed by atoms with Gasteiger partial charge in [-0.25, -0.2) is 0 Å². The Labute approximate surface area is 124 Å². The number of nitriles is 1. The first-order chi connectivity index (χ1) is 10.1. The van der Waals surface area contributed by atoms with Crippen LogP contribution < -0.4 is 10.1 Å². The Bertz CT molecular complexity index is 689. The molecule has 2 rings (SSSR count). The fourth-order valence-corrected chi connectivity index (χ4v) is 1.87. The summed E-state index contributed by atoms with van der Waals surface area (Å²) in [5.41, 5.74) is 1.98. The number of anilines is 1. The Kier molecular flexibility index (Phi) is 4.57. The Hall–Kier alpha value is -2.80. The number of rotatable bonds is 4. The largest absolute Gasteiger partial charge is 0.481 e. The van der Waals surface area contributed by atoms with E-state index in [0.29, 0.717) is 17.0 Å². The molecule has 106 valence electrons. The van der Waals surface area contributed by atoms with Gasteiger partial charge in [-0.3, -0.25) is 4.79 Å². The quantitative estimate of drug-likeness (QED) is 0.935. The summed E-state index contributed by atoms with van der Waals surface area (Å²) < 4.78 is 5.61. The van der Waals surface area contributed by atoms with E-state index in [9.17, 15) is 4.79 Å². The number of para-hydroxylation sites is 1. The maximum absolute atomic E-state index is 12.1. The molecule has 0 aliphatic carbocycles. The molecule has 0 aliphatic heterocycles. The van der Waals surface area contributed by atoms with Gasteiger partial charge in [0.2, 0.25) is 0 Å². The van der Waals surface area contributed by atoms with Crippen LogP contribution in [0.5, 0.6) is 5.75 Å². The molecule has 0 unspecified atom stereocenters. The van der Waals surface area contributed by atoms with Gasteiger partial charge in [-0.1, -0.05) is 24.3 Å². The third-order valence-electron chi connectivity index (χ3n) is 2.98. The summed E-state index contributed by atoms with van der Waals surface area (Å²) in [4.78, 5) is 12.1. The van der Waals surface area contributed by atoms with E-state index in [4.69, 9.17) is 10.00 Å². The topological polar surface area (TPSA) is 62.1 Å². The van der Waals surface area contributed by atoms with Crippen LogP contribution in [0, 0.1) is 18.3 Å². The van der Waals surface area contributed by atoms with Crippen LogP contribution in [0.4, 0.5) is 5.69 Å². The standard InChI is InChI=1S/C17H16N2O2/c1-12-6-5-8-15(10-12)21-13(2)17(20)19-16-9-4-3-7-14(16)11-18/h3-10,13H,1-2H3,(H,19,20)/t13-/m0/s1. The van der Waals surface area contributed by atoms with E-state index in [2.05, 4.69) is 5.32 Å². The van der Waals surface area contributed by atoms with Gasteiger partial charge in [0.15, 0.2) is 6.10 Å². The van der Waals surface area contributed by atoms with Crippen molar-refractivity contribution in [3.8, 4) is 11.8 Å². The lowest BCUT2D eigenvalue weighted by atomic mass is 10.2. The van der Waals surface area contributed by atoms with Crippen molar-refractivity contribution in [3.05, 3.63) is 59.7 Å². The van der Waals surface area contributed by atoms with E-state index in [1.54, 1.807) is 37.3 Å². The summed E-state index contributed by atoms with van der Waals surface area (Å²) in [7, 11) is 0. The van der Waals surface area contributed by atoms with Crippen molar-refractivity contribution in [1.29, 1.82) is 5.26 Å².